The highest BCUT2D eigenvalue weighted by Gasteiger charge is 2.27. The van der Waals surface area contributed by atoms with Crippen LogP contribution in [0.4, 0.5) is 11.4 Å². The normalized spacial score (nSPS) is 24.4. The zero-order valence-corrected chi connectivity index (χ0v) is 19.0. The molecule has 2 heterocycles. The van der Waals surface area contributed by atoms with Crippen LogP contribution in [0.15, 0.2) is 12.1 Å². The van der Waals surface area contributed by atoms with Crippen molar-refractivity contribution in [2.45, 2.75) is 34.1 Å². The number of quaternary nitrogens is 1. The number of rotatable bonds is 8. The Balaban J connectivity index is 1.78. The fraction of sp³-hybridized carbons (Fsp3) is 0.696. The Bertz CT molecular complexity index is 696. The molecule has 0 saturated carbocycles. The molecule has 2 N–H and O–H groups in total. The molecular weight excluding hydrogens is 382 g/mol. The van der Waals surface area contributed by atoms with E-state index in [4.69, 9.17) is 14.2 Å². The van der Waals surface area contributed by atoms with Crippen LogP contribution in [0.2, 0.25) is 0 Å². The van der Waals surface area contributed by atoms with E-state index in [-0.39, 0.29) is 5.91 Å². The number of piperidine rings is 1. The third kappa shape index (κ3) is 6.01. The number of ether oxygens (including phenoxy) is 3. The average Bonchev–Trinajstić information content (AvgIpc) is 2.70. The number of likely N-dealkylation sites (tertiary alicyclic amines) is 1. The third-order valence-corrected chi connectivity index (χ3v) is 5.78. The topological polar surface area (TPSA) is 64.5 Å². The minimum Gasteiger partial charge on any atom is -0.492 e. The average molecular weight is 421 g/mol. The number of nitrogens with zero attached hydrogens (tertiary/aromatic N) is 1. The molecule has 1 amide bonds. The third-order valence-electron chi connectivity index (χ3n) is 5.78. The van der Waals surface area contributed by atoms with Crippen LogP contribution in [0.25, 0.3) is 0 Å². The van der Waals surface area contributed by atoms with Gasteiger partial charge in [0, 0.05) is 37.1 Å². The molecule has 30 heavy (non-hydrogen) atoms. The van der Waals surface area contributed by atoms with Gasteiger partial charge in [-0.3, -0.25) is 4.79 Å². The van der Waals surface area contributed by atoms with Gasteiger partial charge in [0.2, 0.25) is 0 Å². The Morgan fingerprint density at radius 3 is 2.37 bits per heavy atom. The highest BCUT2D eigenvalue weighted by atomic mass is 16.5. The number of amides is 1. The summed E-state index contributed by atoms with van der Waals surface area (Å²) in [5.74, 6) is 2.80. The van der Waals surface area contributed by atoms with Gasteiger partial charge in [0.25, 0.3) is 5.91 Å². The summed E-state index contributed by atoms with van der Waals surface area (Å²) < 4.78 is 17.3. The predicted octanol–water partition coefficient (Wildman–Crippen LogP) is 1.82. The fourth-order valence-electron chi connectivity index (χ4n) is 4.73. The first kappa shape index (κ1) is 22.7. The van der Waals surface area contributed by atoms with Gasteiger partial charge in [0.1, 0.15) is 11.5 Å². The lowest BCUT2D eigenvalue weighted by Gasteiger charge is -2.32. The van der Waals surface area contributed by atoms with Crippen molar-refractivity contribution in [2.75, 3.05) is 69.4 Å². The molecule has 0 radical (unpaired) electrons. The van der Waals surface area contributed by atoms with E-state index < -0.39 is 0 Å². The maximum absolute atomic E-state index is 12.9. The Labute approximate surface area is 180 Å². The molecule has 0 unspecified atom stereocenters. The predicted molar refractivity (Wildman–Crippen MR) is 119 cm³/mol. The maximum Gasteiger partial charge on any atom is 0.279 e. The highest BCUT2D eigenvalue weighted by Crippen LogP contribution is 2.39. The number of morpholine rings is 1. The van der Waals surface area contributed by atoms with Crippen molar-refractivity contribution in [3.05, 3.63) is 12.1 Å². The molecule has 0 aliphatic carbocycles. The van der Waals surface area contributed by atoms with Crippen LogP contribution in [-0.2, 0) is 9.53 Å². The molecule has 1 aromatic rings. The molecule has 2 aliphatic rings. The molecule has 2 aliphatic heterocycles. The van der Waals surface area contributed by atoms with Crippen molar-refractivity contribution in [2.24, 2.45) is 11.8 Å². The summed E-state index contributed by atoms with van der Waals surface area (Å²) in [4.78, 5) is 16.5. The Kier molecular flexibility index (Phi) is 8.22. The number of carbonyl (C=O) groups is 1. The van der Waals surface area contributed by atoms with Gasteiger partial charge in [-0.1, -0.05) is 13.8 Å². The highest BCUT2D eigenvalue weighted by molar-refractivity contribution is 5.94. The van der Waals surface area contributed by atoms with Gasteiger partial charge >= 0.3 is 0 Å². The molecular formula is C23H38N3O4+. The molecule has 7 heteroatoms. The van der Waals surface area contributed by atoms with Crippen molar-refractivity contribution in [3.63, 3.8) is 0 Å². The summed E-state index contributed by atoms with van der Waals surface area (Å²) in [6.07, 6.45) is 1.25. The molecule has 0 bridgehead atoms. The number of hydrogen-bond donors (Lipinski definition) is 2. The van der Waals surface area contributed by atoms with Gasteiger partial charge < -0.3 is 29.3 Å². The molecule has 2 atom stereocenters. The SMILES string of the molecule is CCOc1cc(N2CCOCC2)c(OCC)cc1NC(=O)C[NH+]1C[C@H](C)C[C@@H](C)C1. The van der Waals surface area contributed by atoms with Gasteiger partial charge in [-0.05, 0) is 20.3 Å². The maximum atomic E-state index is 12.9. The molecule has 7 nitrogen and oxygen atoms in total. The van der Waals surface area contributed by atoms with Crippen LogP contribution < -0.4 is 24.6 Å². The lowest BCUT2D eigenvalue weighted by atomic mass is 9.92. The van der Waals surface area contributed by atoms with Crippen molar-refractivity contribution in [1.29, 1.82) is 0 Å². The zero-order valence-electron chi connectivity index (χ0n) is 19.0. The van der Waals surface area contributed by atoms with E-state index in [9.17, 15) is 4.79 Å². The number of nitrogens with one attached hydrogen (secondary N) is 2. The minimum absolute atomic E-state index is 0.0221. The molecule has 168 valence electrons. The summed E-state index contributed by atoms with van der Waals surface area (Å²) >= 11 is 0. The van der Waals surface area contributed by atoms with E-state index in [2.05, 4.69) is 24.1 Å². The lowest BCUT2D eigenvalue weighted by molar-refractivity contribution is -0.904. The van der Waals surface area contributed by atoms with Crippen LogP contribution in [0, 0.1) is 11.8 Å². The largest absolute Gasteiger partial charge is 0.492 e. The molecule has 0 aromatic heterocycles. The molecule has 1 aromatic carbocycles. The van der Waals surface area contributed by atoms with Crippen molar-refractivity contribution in [3.8, 4) is 11.5 Å². The first-order valence-corrected chi connectivity index (χ1v) is 11.4. The second kappa shape index (κ2) is 10.9. The van der Waals surface area contributed by atoms with Gasteiger partial charge in [-0.25, -0.2) is 0 Å². The van der Waals surface area contributed by atoms with E-state index in [0.29, 0.717) is 56.2 Å². The second-order valence-electron chi connectivity index (χ2n) is 8.61. The number of hydrogen-bond acceptors (Lipinski definition) is 5. The van der Waals surface area contributed by atoms with Gasteiger partial charge in [-0.15, -0.1) is 0 Å². The van der Waals surface area contributed by atoms with Crippen LogP contribution in [0.3, 0.4) is 0 Å². The van der Waals surface area contributed by atoms with Crippen LogP contribution >= 0.6 is 0 Å². The van der Waals surface area contributed by atoms with Gasteiger partial charge in [0.05, 0.1) is 50.9 Å². The van der Waals surface area contributed by atoms with E-state index >= 15 is 0 Å². The van der Waals surface area contributed by atoms with Gasteiger partial charge in [-0.2, -0.15) is 0 Å². The monoisotopic (exact) mass is 420 g/mol. The van der Waals surface area contributed by atoms with Crippen LogP contribution in [0.1, 0.15) is 34.1 Å². The summed E-state index contributed by atoms with van der Waals surface area (Å²) in [5.41, 5.74) is 1.67. The molecule has 2 saturated heterocycles. The van der Waals surface area contributed by atoms with Crippen molar-refractivity contribution < 1.29 is 23.9 Å². The Morgan fingerprint density at radius 2 is 1.73 bits per heavy atom. The molecule has 0 spiro atoms. The van der Waals surface area contributed by atoms with Crippen molar-refractivity contribution in [1.82, 2.24) is 0 Å². The van der Waals surface area contributed by atoms with E-state index in [1.807, 2.05) is 26.0 Å². The zero-order chi connectivity index (χ0) is 21.5. The number of benzene rings is 1. The second-order valence-corrected chi connectivity index (χ2v) is 8.61. The van der Waals surface area contributed by atoms with E-state index in [1.165, 1.54) is 11.3 Å². The van der Waals surface area contributed by atoms with Crippen LogP contribution in [-0.4, -0.2) is 65.1 Å². The van der Waals surface area contributed by atoms with Crippen molar-refractivity contribution >= 4 is 17.3 Å². The number of anilines is 2. The quantitative estimate of drug-likeness (QED) is 0.672. The summed E-state index contributed by atoms with van der Waals surface area (Å²) in [7, 11) is 0. The molecule has 3 rings (SSSR count). The standard InChI is InChI=1S/C23H37N3O4/c1-5-29-21-13-20(26-7-9-28-10-8-26)22(30-6-2)12-19(21)24-23(27)16-25-14-17(3)11-18(4)15-25/h12-13,17-18H,5-11,14-16H2,1-4H3,(H,24,27)/p+1/t17-,18-/m1/s1. The Hall–Kier alpha value is -1.99. The first-order chi connectivity index (χ1) is 14.5. The Morgan fingerprint density at radius 1 is 1.10 bits per heavy atom. The van der Waals surface area contributed by atoms with Gasteiger partial charge in [0.15, 0.2) is 6.54 Å². The lowest BCUT2D eigenvalue weighted by Crippen LogP contribution is -3.15. The minimum atomic E-state index is 0.0221. The fourth-order valence-corrected chi connectivity index (χ4v) is 4.73. The first-order valence-electron chi connectivity index (χ1n) is 11.4. The summed E-state index contributed by atoms with van der Waals surface area (Å²) in [6.45, 7) is 15.2. The summed E-state index contributed by atoms with van der Waals surface area (Å²) in [6, 6.07) is 3.90. The van der Waals surface area contributed by atoms with E-state index in [1.54, 1.807) is 0 Å². The van der Waals surface area contributed by atoms with Crippen LogP contribution in [0.5, 0.6) is 11.5 Å². The number of carbonyl (C=O) groups excluding carboxylic acids is 1. The summed E-state index contributed by atoms with van der Waals surface area (Å²) in [5, 5.41) is 3.09. The molecule has 2 fully saturated rings. The van der Waals surface area contributed by atoms with E-state index in [0.717, 1.165) is 37.6 Å². The smallest absolute Gasteiger partial charge is 0.279 e.